The zero-order valence-corrected chi connectivity index (χ0v) is 37.5. The predicted octanol–water partition coefficient (Wildman–Crippen LogP) is 10.8. The number of imide groups is 1. The molecule has 0 atom stereocenters. The number of alkyl halides is 6. The molecule has 4 rings (SSSR count). The molecule has 2 aromatic heterocycles. The van der Waals surface area contributed by atoms with Gasteiger partial charge in [-0.2, -0.15) is 26.3 Å². The van der Waals surface area contributed by atoms with Crippen LogP contribution in [0.4, 0.5) is 40.7 Å². The number of carbonyl (C=O) groups excluding carboxylic acids is 3. The van der Waals surface area contributed by atoms with Crippen LogP contribution >= 0.6 is 11.6 Å². The number of hydrogen-bond donors (Lipinski definition) is 3. The van der Waals surface area contributed by atoms with Crippen molar-refractivity contribution in [3.8, 4) is 11.3 Å². The number of nitrogens with zero attached hydrogens (tertiary/aromatic N) is 3. The second kappa shape index (κ2) is 23.0. The minimum absolute atomic E-state index is 0. The van der Waals surface area contributed by atoms with Crippen molar-refractivity contribution in [1.82, 2.24) is 20.2 Å². The number of aromatic nitrogens is 2. The van der Waals surface area contributed by atoms with E-state index >= 15 is 0 Å². The highest BCUT2D eigenvalue weighted by Crippen LogP contribution is 2.31. The van der Waals surface area contributed by atoms with E-state index in [-0.39, 0.29) is 31.1 Å². The van der Waals surface area contributed by atoms with Crippen LogP contribution in [0.5, 0.6) is 0 Å². The number of ether oxygens (including phenoxy) is 3. The molecule has 0 saturated carbocycles. The Morgan fingerprint density at radius 3 is 1.52 bits per heavy atom. The molecule has 0 fully saturated rings. The molecule has 352 valence electrons. The van der Waals surface area contributed by atoms with Crippen molar-refractivity contribution >= 4 is 42.5 Å². The monoisotopic (exact) mass is 928 g/mol. The minimum Gasteiger partial charge on any atom is -0.444 e. The highest BCUT2D eigenvalue weighted by Gasteiger charge is 2.33. The van der Waals surface area contributed by atoms with Crippen LogP contribution in [-0.2, 0) is 39.7 Å². The summed E-state index contributed by atoms with van der Waals surface area (Å²) in [5.74, 6) is 0. The normalized spacial score (nSPS) is 11.6. The van der Waals surface area contributed by atoms with Crippen molar-refractivity contribution in [3.05, 3.63) is 112 Å². The van der Waals surface area contributed by atoms with E-state index in [9.17, 15) is 40.7 Å². The lowest BCUT2D eigenvalue weighted by atomic mass is 9.80. The Labute approximate surface area is 375 Å². The summed E-state index contributed by atoms with van der Waals surface area (Å²) < 4.78 is 89.8. The molecule has 0 bridgehead atoms. The Balaban J connectivity index is 0.000000501. The Bertz CT molecular complexity index is 2120. The first-order valence-electron chi connectivity index (χ1n) is 19.1. The fourth-order valence-corrected chi connectivity index (χ4v) is 4.96. The van der Waals surface area contributed by atoms with Gasteiger partial charge in [-0.25, -0.2) is 24.3 Å². The number of aryl methyl sites for hydroxylation is 2. The van der Waals surface area contributed by atoms with Crippen LogP contribution in [0.2, 0.25) is 5.15 Å². The zero-order valence-electron chi connectivity index (χ0n) is 36.8. The summed E-state index contributed by atoms with van der Waals surface area (Å²) in [5.41, 5.74) is 0.709. The summed E-state index contributed by atoms with van der Waals surface area (Å²) in [4.78, 5) is 45.8. The van der Waals surface area contributed by atoms with Gasteiger partial charge in [-0.3, -0.25) is 4.98 Å². The van der Waals surface area contributed by atoms with Crippen molar-refractivity contribution < 1.29 is 65.0 Å². The van der Waals surface area contributed by atoms with E-state index in [0.717, 1.165) is 58.0 Å². The second-order valence-corrected chi connectivity index (χ2v) is 17.3. The summed E-state index contributed by atoms with van der Waals surface area (Å²) in [6.07, 6.45) is -7.64. The van der Waals surface area contributed by atoms with Gasteiger partial charge in [0.25, 0.3) is 0 Å². The molecule has 2 aromatic carbocycles. The number of benzene rings is 2. The topological polar surface area (TPSA) is 160 Å². The number of rotatable bonds is 6. The predicted molar refractivity (Wildman–Crippen MR) is 232 cm³/mol. The lowest BCUT2D eigenvalue weighted by Crippen LogP contribution is -2.43. The molecular weight excluding hydrogens is 873 g/mol. The van der Waals surface area contributed by atoms with Crippen molar-refractivity contribution in [2.45, 2.75) is 126 Å². The van der Waals surface area contributed by atoms with E-state index in [1.807, 2.05) is 13.8 Å². The van der Waals surface area contributed by atoms with E-state index in [4.69, 9.17) is 35.9 Å². The lowest BCUT2D eigenvalue weighted by molar-refractivity contribution is -0.138. The maximum absolute atomic E-state index is 12.7. The van der Waals surface area contributed by atoms with Crippen molar-refractivity contribution in [2.24, 2.45) is 0 Å². The Kier molecular flexibility index (Phi) is 20.3. The van der Waals surface area contributed by atoms with Crippen molar-refractivity contribution in [1.29, 1.82) is 0 Å². The van der Waals surface area contributed by atoms with Crippen LogP contribution in [0, 0.1) is 13.8 Å². The van der Waals surface area contributed by atoms with Gasteiger partial charge in [0.1, 0.15) is 22.0 Å². The van der Waals surface area contributed by atoms with Crippen LogP contribution in [0.25, 0.3) is 11.3 Å². The maximum Gasteiger partial charge on any atom is 0.488 e. The van der Waals surface area contributed by atoms with E-state index < -0.39 is 65.7 Å². The minimum atomic E-state index is -4.39. The molecule has 20 heteroatoms. The van der Waals surface area contributed by atoms with Gasteiger partial charge < -0.3 is 29.6 Å². The van der Waals surface area contributed by atoms with Gasteiger partial charge in [0, 0.05) is 24.5 Å². The third-order valence-corrected chi connectivity index (χ3v) is 8.03. The highest BCUT2D eigenvalue weighted by atomic mass is 35.5. The molecule has 0 unspecified atom stereocenters. The van der Waals surface area contributed by atoms with Gasteiger partial charge >= 0.3 is 37.8 Å². The molecule has 0 aliphatic rings. The number of carbonyl (C=O) groups is 3. The summed E-state index contributed by atoms with van der Waals surface area (Å²) in [5, 5.41) is 20.1. The fraction of sp³-hybridized carbons (Fsp3) is 0.432. The van der Waals surface area contributed by atoms with Crippen molar-refractivity contribution in [3.63, 3.8) is 0 Å². The Morgan fingerprint density at radius 1 is 0.672 bits per heavy atom. The highest BCUT2D eigenvalue weighted by molar-refractivity contribution is 6.58. The van der Waals surface area contributed by atoms with Gasteiger partial charge in [-0.1, -0.05) is 55.4 Å². The molecule has 0 aliphatic heterocycles. The van der Waals surface area contributed by atoms with Gasteiger partial charge in [0.2, 0.25) is 0 Å². The summed E-state index contributed by atoms with van der Waals surface area (Å²) in [7, 11) is -1.73. The quantitative estimate of drug-likeness (QED) is 0.0735. The lowest BCUT2D eigenvalue weighted by Gasteiger charge is -2.29. The number of pyridine rings is 2. The molecule has 0 spiro atoms. The molecule has 12 nitrogen and oxygen atoms in total. The average molecular weight is 929 g/mol. The molecule has 0 radical (unpaired) electrons. The third kappa shape index (κ3) is 20.4. The Morgan fingerprint density at radius 2 is 1.09 bits per heavy atom. The van der Waals surface area contributed by atoms with Gasteiger partial charge in [0.05, 0.1) is 23.4 Å². The Hall–Kier alpha value is -5.40. The van der Waals surface area contributed by atoms with E-state index in [1.165, 1.54) is 12.1 Å². The molecular formula is C44H56BClF6N4O8. The molecule has 4 aromatic rings. The average Bonchev–Trinajstić information content (AvgIpc) is 3.12. The first kappa shape index (κ1) is 56.6. The second-order valence-electron chi connectivity index (χ2n) is 16.9. The number of alkyl carbamates (subject to hydrolysis) is 1. The van der Waals surface area contributed by atoms with Gasteiger partial charge in [0.15, 0.2) is 0 Å². The van der Waals surface area contributed by atoms with Crippen LogP contribution < -0.4 is 10.8 Å². The van der Waals surface area contributed by atoms with Crippen LogP contribution in [0.1, 0.15) is 103 Å². The third-order valence-electron chi connectivity index (χ3n) is 7.82. The molecule has 0 aliphatic carbocycles. The number of nitrogens with one attached hydrogen (secondary N) is 1. The van der Waals surface area contributed by atoms with E-state index in [2.05, 4.69) is 15.3 Å². The summed E-state index contributed by atoms with van der Waals surface area (Å²) >= 11 is 5.91. The van der Waals surface area contributed by atoms with Gasteiger partial charge in [-0.15, -0.1) is 0 Å². The van der Waals surface area contributed by atoms with E-state index in [0.29, 0.717) is 16.8 Å². The molecule has 3 amide bonds. The van der Waals surface area contributed by atoms with Crippen molar-refractivity contribution in [2.75, 3.05) is 0 Å². The zero-order chi connectivity index (χ0) is 48.3. The molecule has 2 heterocycles. The summed E-state index contributed by atoms with van der Waals surface area (Å²) in [6, 6.07) is 11.8. The van der Waals surface area contributed by atoms with Crippen LogP contribution in [0.15, 0.2) is 73.1 Å². The number of amides is 3. The number of halogens is 7. The molecule has 64 heavy (non-hydrogen) atoms. The molecule has 3 N–H and O–H groups in total. The van der Waals surface area contributed by atoms with Crippen LogP contribution in [0.3, 0.4) is 0 Å². The standard InChI is InChI=1S/C19H21F3N2O2.C17H25ClN2O4.C7H6BF3O2.CH4/c1-12-10-23-16(13-5-7-15(8-6-13)19(20,21)22)9-14(12)11-24-17(25)26-18(2,3)4;1-11-9-19-13(18)8-12(11)10-20(14(21)23-16(2,3)4)15(22)24-17(5,6)7;9-7(10,11)5-1-3-6(4-2-5)8(12)13;/h5-10H,11H2,1-4H3,(H,24,25);8-9H,10H2,1-7H3;1-4,12-13H;1H4. The summed E-state index contributed by atoms with van der Waals surface area (Å²) in [6.45, 7) is 19.6. The van der Waals surface area contributed by atoms with Gasteiger partial charge in [-0.05, 0) is 128 Å². The largest absolute Gasteiger partial charge is 0.488 e. The fourth-order valence-electron chi connectivity index (χ4n) is 4.78. The van der Waals surface area contributed by atoms with Crippen LogP contribution in [-0.4, -0.2) is 67.1 Å². The first-order valence-corrected chi connectivity index (χ1v) is 19.5. The van der Waals surface area contributed by atoms with E-state index in [1.54, 1.807) is 86.8 Å². The smallest absolute Gasteiger partial charge is 0.444 e. The molecule has 0 saturated heterocycles. The number of hydrogen-bond acceptors (Lipinski definition) is 10. The maximum atomic E-state index is 12.7. The first-order chi connectivity index (χ1) is 28.6. The SMILES string of the molecule is C.Cc1cnc(-c2ccc(C(F)(F)F)cc2)cc1CNC(=O)OC(C)(C)C.Cc1cnc(Cl)cc1CN(C(=O)OC(C)(C)C)C(=O)OC(C)(C)C.OB(O)c1ccc(C(F)(F)F)cc1.